The van der Waals surface area contributed by atoms with Gasteiger partial charge in [-0.05, 0) is 11.6 Å². The molecule has 1 saturated heterocycles. The van der Waals surface area contributed by atoms with Crippen molar-refractivity contribution in [2.45, 2.75) is 12.5 Å². The van der Waals surface area contributed by atoms with E-state index in [4.69, 9.17) is 12.2 Å². The molecule has 1 fully saturated rings. The molecule has 0 saturated carbocycles. The molecule has 0 aliphatic carbocycles. The number of carboxylic acid groups (broad SMARTS) is 1. The van der Waals surface area contributed by atoms with E-state index in [9.17, 15) is 19.5 Å². The largest absolute Gasteiger partial charge is 0.480 e. The van der Waals surface area contributed by atoms with E-state index < -0.39 is 17.9 Å². The Labute approximate surface area is 176 Å². The number of hydrogen-bond acceptors (Lipinski definition) is 5. The Morgan fingerprint density at radius 1 is 1.07 bits per heavy atom. The summed E-state index contributed by atoms with van der Waals surface area (Å²) >= 11 is 6.34. The smallest absolute Gasteiger partial charge is 0.327 e. The zero-order valence-corrected chi connectivity index (χ0v) is 17.0. The van der Waals surface area contributed by atoms with Gasteiger partial charge in [-0.1, -0.05) is 72.5 Å². The van der Waals surface area contributed by atoms with Crippen LogP contribution in [-0.2, 0) is 20.8 Å². The summed E-state index contributed by atoms with van der Waals surface area (Å²) in [6.07, 6.45) is 0.121. The summed E-state index contributed by atoms with van der Waals surface area (Å²) < 4.78 is 0.140. The molecule has 29 heavy (non-hydrogen) atoms. The van der Waals surface area contributed by atoms with E-state index in [0.717, 1.165) is 22.2 Å². The Balaban J connectivity index is 1.75. The average Bonchev–Trinajstić information content (AvgIpc) is 3.14. The van der Waals surface area contributed by atoms with Crippen molar-refractivity contribution in [3.63, 3.8) is 0 Å². The molecule has 2 aromatic carbocycles. The van der Waals surface area contributed by atoms with Crippen LogP contribution in [0.2, 0.25) is 0 Å². The number of carbonyl (C=O) groups is 3. The first-order valence-electron chi connectivity index (χ1n) is 8.84. The second kappa shape index (κ2) is 7.46. The third-order valence-electron chi connectivity index (χ3n) is 4.95. The summed E-state index contributed by atoms with van der Waals surface area (Å²) in [5.41, 5.74) is 2.41. The summed E-state index contributed by atoms with van der Waals surface area (Å²) in [5.74, 6) is -2.00. The number of anilines is 1. The minimum atomic E-state index is -1.15. The Hall–Kier alpha value is -2.97. The zero-order chi connectivity index (χ0) is 20.7. The van der Waals surface area contributed by atoms with E-state index in [1.165, 1.54) is 4.90 Å². The number of nitrogens with zero attached hydrogens (tertiary/aromatic N) is 2. The molecule has 2 aliphatic heterocycles. The molecule has 1 N–H and O–H groups in total. The lowest BCUT2D eigenvalue weighted by atomic mass is 10.0. The molecule has 2 aromatic rings. The van der Waals surface area contributed by atoms with Gasteiger partial charge >= 0.3 is 5.97 Å². The van der Waals surface area contributed by atoms with Gasteiger partial charge in [0.05, 0.1) is 16.2 Å². The fraction of sp³-hybridized carbons (Fsp3) is 0.143. The average molecular weight is 425 g/mol. The lowest BCUT2D eigenvalue weighted by Gasteiger charge is -2.23. The monoisotopic (exact) mass is 424 g/mol. The van der Waals surface area contributed by atoms with Gasteiger partial charge in [0, 0.05) is 19.0 Å². The molecule has 6 nitrogen and oxygen atoms in total. The van der Waals surface area contributed by atoms with Crippen molar-refractivity contribution in [1.82, 2.24) is 4.90 Å². The molecule has 8 heteroatoms. The molecule has 0 radical (unpaired) electrons. The van der Waals surface area contributed by atoms with Crippen LogP contribution in [0.1, 0.15) is 11.1 Å². The minimum absolute atomic E-state index is 0.121. The van der Waals surface area contributed by atoms with Crippen LogP contribution in [-0.4, -0.2) is 45.2 Å². The standard InChI is InChI=1S/C21H16N2O4S2/c1-22-14-10-6-5-9-13(14)16(18(22)24)17-19(25)23(21(28)29-17)15(20(26)27)11-12-7-3-2-4-8-12/h2-10,15H,11H2,1H3,(H,26,27)/b17-16-/t15-/m1/s1. The Morgan fingerprint density at radius 2 is 1.72 bits per heavy atom. The SMILES string of the molecule is CN1C(=O)/C(=C2\SC(=S)N([C@H](Cc3ccccc3)C(=O)O)C2=O)c2ccccc21. The van der Waals surface area contributed by atoms with Crippen molar-refractivity contribution in [2.24, 2.45) is 0 Å². The quantitative estimate of drug-likeness (QED) is 0.601. The van der Waals surface area contributed by atoms with Gasteiger partial charge in [0.1, 0.15) is 10.4 Å². The van der Waals surface area contributed by atoms with E-state index in [1.807, 2.05) is 24.3 Å². The number of fused-ring (bicyclic) bond motifs is 1. The van der Waals surface area contributed by atoms with E-state index in [-0.39, 0.29) is 27.1 Å². The van der Waals surface area contributed by atoms with Crippen molar-refractivity contribution in [3.8, 4) is 0 Å². The maximum Gasteiger partial charge on any atom is 0.327 e. The highest BCUT2D eigenvalue weighted by Gasteiger charge is 2.45. The molecule has 0 spiro atoms. The van der Waals surface area contributed by atoms with Gasteiger partial charge in [0.2, 0.25) is 0 Å². The Kier molecular flexibility index (Phi) is 4.97. The van der Waals surface area contributed by atoms with Gasteiger partial charge in [0.25, 0.3) is 11.8 Å². The summed E-state index contributed by atoms with van der Waals surface area (Å²) in [4.78, 5) is 40.8. The van der Waals surface area contributed by atoms with Crippen LogP contribution in [0.4, 0.5) is 5.69 Å². The molecule has 4 rings (SSSR count). The second-order valence-electron chi connectivity index (χ2n) is 6.67. The lowest BCUT2D eigenvalue weighted by molar-refractivity contribution is -0.145. The summed E-state index contributed by atoms with van der Waals surface area (Å²) in [6, 6.07) is 15.1. The lowest BCUT2D eigenvalue weighted by Crippen LogP contribution is -2.45. The zero-order valence-electron chi connectivity index (χ0n) is 15.4. The number of carbonyl (C=O) groups excluding carboxylic acids is 2. The van der Waals surface area contributed by atoms with Crippen molar-refractivity contribution in [2.75, 3.05) is 11.9 Å². The van der Waals surface area contributed by atoms with Crippen LogP contribution < -0.4 is 4.90 Å². The number of para-hydroxylation sites is 1. The maximum absolute atomic E-state index is 13.2. The number of benzene rings is 2. The first-order chi connectivity index (χ1) is 13.9. The van der Waals surface area contributed by atoms with Gasteiger partial charge in [-0.2, -0.15) is 0 Å². The number of amides is 2. The van der Waals surface area contributed by atoms with Crippen LogP contribution in [0.3, 0.4) is 0 Å². The maximum atomic E-state index is 13.2. The summed E-state index contributed by atoms with van der Waals surface area (Å²) in [5, 5.41) is 9.78. The molecular weight excluding hydrogens is 408 g/mol. The normalized spacial score (nSPS) is 19.7. The van der Waals surface area contributed by atoms with Crippen molar-refractivity contribution in [3.05, 3.63) is 70.6 Å². The molecule has 2 amide bonds. The van der Waals surface area contributed by atoms with E-state index >= 15 is 0 Å². The number of rotatable bonds is 4. The first-order valence-corrected chi connectivity index (χ1v) is 10.1. The number of hydrogen-bond donors (Lipinski definition) is 1. The van der Waals surface area contributed by atoms with Gasteiger partial charge < -0.3 is 10.0 Å². The van der Waals surface area contributed by atoms with Crippen LogP contribution in [0, 0.1) is 0 Å². The third-order valence-corrected chi connectivity index (χ3v) is 6.35. The van der Waals surface area contributed by atoms with E-state index in [1.54, 1.807) is 37.4 Å². The van der Waals surface area contributed by atoms with Gasteiger partial charge in [-0.25, -0.2) is 4.79 Å². The molecule has 2 aliphatic rings. The highest BCUT2D eigenvalue weighted by atomic mass is 32.2. The number of thiocarbonyl (C=S) groups is 1. The first kappa shape index (κ1) is 19.4. The Bertz CT molecular complexity index is 1080. The number of carboxylic acids is 1. The summed E-state index contributed by atoms with van der Waals surface area (Å²) in [6.45, 7) is 0. The molecule has 0 bridgehead atoms. The molecule has 2 heterocycles. The van der Waals surface area contributed by atoms with Crippen molar-refractivity contribution >= 4 is 57.3 Å². The van der Waals surface area contributed by atoms with Gasteiger partial charge in [-0.15, -0.1) is 0 Å². The van der Waals surface area contributed by atoms with E-state index in [2.05, 4.69) is 0 Å². The fourth-order valence-corrected chi connectivity index (χ4v) is 4.94. The van der Waals surface area contributed by atoms with Crippen molar-refractivity contribution < 1.29 is 19.5 Å². The topological polar surface area (TPSA) is 77.9 Å². The highest BCUT2D eigenvalue weighted by molar-refractivity contribution is 8.26. The molecule has 1 atom stereocenters. The van der Waals surface area contributed by atoms with Gasteiger partial charge in [-0.3, -0.25) is 14.5 Å². The van der Waals surface area contributed by atoms with E-state index in [0.29, 0.717) is 11.3 Å². The number of aliphatic carboxylic acids is 1. The van der Waals surface area contributed by atoms with Crippen LogP contribution in [0.15, 0.2) is 59.5 Å². The van der Waals surface area contributed by atoms with Gasteiger partial charge in [0.15, 0.2) is 0 Å². The third kappa shape index (κ3) is 3.24. The molecule has 0 unspecified atom stereocenters. The number of likely N-dealkylation sites (N-methyl/N-ethyl adjacent to an activating group) is 1. The van der Waals surface area contributed by atoms with Crippen molar-refractivity contribution in [1.29, 1.82) is 0 Å². The predicted molar refractivity (Wildman–Crippen MR) is 115 cm³/mol. The predicted octanol–water partition coefficient (Wildman–Crippen LogP) is 2.93. The minimum Gasteiger partial charge on any atom is -0.480 e. The number of thioether (sulfide) groups is 1. The molecule has 0 aromatic heterocycles. The highest BCUT2D eigenvalue weighted by Crippen LogP contribution is 2.44. The van der Waals surface area contributed by atoms with Crippen LogP contribution >= 0.6 is 24.0 Å². The summed E-state index contributed by atoms with van der Waals surface area (Å²) in [7, 11) is 1.64. The van der Waals surface area contributed by atoms with Crippen LogP contribution in [0.5, 0.6) is 0 Å². The molecule has 146 valence electrons. The fourth-order valence-electron chi connectivity index (χ4n) is 3.51. The van der Waals surface area contributed by atoms with Crippen LogP contribution in [0.25, 0.3) is 5.57 Å². The Morgan fingerprint density at radius 3 is 2.41 bits per heavy atom. The molecular formula is C21H16N2O4S2. The second-order valence-corrected chi connectivity index (χ2v) is 8.32.